The van der Waals surface area contributed by atoms with E-state index in [2.05, 4.69) is 4.57 Å². The van der Waals surface area contributed by atoms with Gasteiger partial charge in [0.25, 0.3) is 0 Å². The Morgan fingerprint density at radius 1 is 1.14 bits per heavy atom. The van der Waals surface area contributed by atoms with Gasteiger partial charge in [0.2, 0.25) is 0 Å². The average molecular weight is 285 g/mol. The number of aromatic nitrogens is 2. The number of halogens is 1. The highest BCUT2D eigenvalue weighted by molar-refractivity contribution is 5.76. The molecule has 3 saturated carbocycles. The van der Waals surface area contributed by atoms with Crippen molar-refractivity contribution in [3.63, 3.8) is 0 Å². The summed E-state index contributed by atoms with van der Waals surface area (Å²) in [5.74, 6) is 2.69. The Balaban J connectivity index is 1.70. The third-order valence-corrected chi connectivity index (χ3v) is 5.87. The first kappa shape index (κ1) is 12.2. The van der Waals surface area contributed by atoms with E-state index in [9.17, 15) is 4.39 Å². The van der Waals surface area contributed by atoms with Gasteiger partial charge in [-0.15, -0.1) is 0 Å². The fourth-order valence-electron chi connectivity index (χ4n) is 4.76. The van der Waals surface area contributed by atoms with Crippen molar-refractivity contribution in [2.75, 3.05) is 0 Å². The zero-order valence-electron chi connectivity index (χ0n) is 12.0. The quantitative estimate of drug-likeness (QED) is 0.919. The van der Waals surface area contributed by atoms with E-state index in [1.807, 2.05) is 6.07 Å². The van der Waals surface area contributed by atoms with Gasteiger partial charge >= 0.3 is 0 Å². The second kappa shape index (κ2) is 4.07. The van der Waals surface area contributed by atoms with E-state index in [1.165, 1.54) is 38.2 Å². The van der Waals surface area contributed by atoms with Crippen molar-refractivity contribution >= 4 is 11.0 Å². The van der Waals surface area contributed by atoms with Gasteiger partial charge in [0, 0.05) is 18.0 Å². The summed E-state index contributed by atoms with van der Waals surface area (Å²) in [7, 11) is 0. The van der Waals surface area contributed by atoms with Gasteiger partial charge in [-0.3, -0.25) is 0 Å². The molecule has 2 N–H and O–H groups in total. The molecule has 3 aliphatic rings. The van der Waals surface area contributed by atoms with E-state index in [1.54, 1.807) is 6.07 Å². The lowest BCUT2D eigenvalue weighted by Gasteiger charge is -2.28. The van der Waals surface area contributed by atoms with E-state index < -0.39 is 0 Å². The van der Waals surface area contributed by atoms with Crippen LogP contribution in [0.15, 0.2) is 18.2 Å². The van der Waals surface area contributed by atoms with Crippen LogP contribution in [0.1, 0.15) is 49.9 Å². The summed E-state index contributed by atoms with van der Waals surface area (Å²) in [5.41, 5.74) is 8.39. The Morgan fingerprint density at radius 3 is 2.67 bits per heavy atom. The third kappa shape index (κ3) is 1.65. The zero-order valence-corrected chi connectivity index (χ0v) is 12.0. The van der Waals surface area contributed by atoms with Gasteiger partial charge in [-0.1, -0.05) is 0 Å². The van der Waals surface area contributed by atoms with Crippen molar-refractivity contribution < 1.29 is 4.39 Å². The summed E-state index contributed by atoms with van der Waals surface area (Å²) in [5, 5.41) is 0. The lowest BCUT2D eigenvalue weighted by molar-refractivity contribution is 0.347. The van der Waals surface area contributed by atoms with Gasteiger partial charge < -0.3 is 10.3 Å². The number of nitrogens with zero attached hydrogens (tertiary/aromatic N) is 2. The van der Waals surface area contributed by atoms with Crippen LogP contribution in [0.3, 0.4) is 0 Å². The molecule has 3 aliphatic carbocycles. The number of hydrogen-bond donors (Lipinski definition) is 1. The largest absolute Gasteiger partial charge is 0.327 e. The maximum atomic E-state index is 13.6. The molecule has 0 radical (unpaired) electrons. The highest BCUT2D eigenvalue weighted by atomic mass is 19.1. The lowest BCUT2D eigenvalue weighted by Crippen LogP contribution is -2.35. The number of fused-ring (bicyclic) bond motifs is 3. The summed E-state index contributed by atoms with van der Waals surface area (Å²) < 4.78 is 16.0. The molecule has 110 valence electrons. The molecule has 2 aromatic rings. The number of nitrogens with two attached hydrogens (primary N) is 1. The van der Waals surface area contributed by atoms with Crippen molar-refractivity contribution in [3.05, 3.63) is 29.8 Å². The molecule has 1 aromatic heterocycles. The van der Waals surface area contributed by atoms with Gasteiger partial charge in [-0.05, 0) is 62.1 Å². The minimum atomic E-state index is -0.173. The Labute approximate surface area is 123 Å². The number of rotatable bonds is 2. The van der Waals surface area contributed by atoms with Gasteiger partial charge in [-0.25, -0.2) is 9.37 Å². The molecular weight excluding hydrogens is 265 g/mol. The van der Waals surface area contributed by atoms with E-state index >= 15 is 0 Å². The summed E-state index contributed by atoms with van der Waals surface area (Å²) in [6.07, 6.45) is 6.19. The Bertz CT molecular complexity index is 716. The van der Waals surface area contributed by atoms with Crippen LogP contribution in [0.4, 0.5) is 4.39 Å². The summed E-state index contributed by atoms with van der Waals surface area (Å²) in [4.78, 5) is 4.88. The van der Waals surface area contributed by atoms with Crippen molar-refractivity contribution in [1.82, 2.24) is 9.55 Å². The maximum absolute atomic E-state index is 13.6. The molecule has 1 aromatic carbocycles. The molecule has 2 bridgehead atoms. The van der Waals surface area contributed by atoms with Crippen molar-refractivity contribution in [3.8, 4) is 0 Å². The Morgan fingerprint density at radius 2 is 1.95 bits per heavy atom. The molecule has 4 unspecified atom stereocenters. The SMILES string of the molecule is NC1C2CCC(C2)C1c1nc2ccc(F)cc2n1C1CC1. The molecule has 0 spiro atoms. The van der Waals surface area contributed by atoms with Crippen LogP contribution in [0, 0.1) is 17.7 Å². The lowest BCUT2D eigenvalue weighted by atomic mass is 9.84. The normalized spacial score (nSPS) is 35.0. The molecule has 3 nitrogen and oxygen atoms in total. The van der Waals surface area contributed by atoms with Crippen LogP contribution in [-0.4, -0.2) is 15.6 Å². The van der Waals surface area contributed by atoms with Gasteiger partial charge in [0.15, 0.2) is 0 Å². The predicted molar refractivity (Wildman–Crippen MR) is 79.5 cm³/mol. The fourth-order valence-corrected chi connectivity index (χ4v) is 4.76. The van der Waals surface area contributed by atoms with Crippen LogP contribution in [-0.2, 0) is 0 Å². The molecule has 0 aliphatic heterocycles. The minimum Gasteiger partial charge on any atom is -0.327 e. The molecule has 1 heterocycles. The Hall–Kier alpha value is -1.42. The number of benzene rings is 1. The number of hydrogen-bond acceptors (Lipinski definition) is 2. The summed E-state index contributed by atoms with van der Waals surface area (Å²) >= 11 is 0. The van der Waals surface area contributed by atoms with Crippen LogP contribution < -0.4 is 5.73 Å². The Kier molecular flexibility index (Phi) is 2.35. The molecule has 3 fully saturated rings. The third-order valence-electron chi connectivity index (χ3n) is 5.87. The van der Waals surface area contributed by atoms with Crippen molar-refractivity contribution in [1.29, 1.82) is 0 Å². The van der Waals surface area contributed by atoms with Crippen molar-refractivity contribution in [2.24, 2.45) is 17.6 Å². The van der Waals surface area contributed by atoms with Crippen molar-refractivity contribution in [2.45, 2.75) is 50.1 Å². The molecule has 4 atom stereocenters. The zero-order chi connectivity index (χ0) is 14.1. The first-order valence-corrected chi connectivity index (χ1v) is 8.15. The fraction of sp³-hybridized carbons (Fsp3) is 0.588. The number of imidazole rings is 1. The van der Waals surface area contributed by atoms with E-state index in [-0.39, 0.29) is 11.9 Å². The summed E-state index contributed by atoms with van der Waals surface area (Å²) in [6, 6.07) is 5.71. The van der Waals surface area contributed by atoms with E-state index in [0.717, 1.165) is 16.9 Å². The van der Waals surface area contributed by atoms with E-state index in [0.29, 0.717) is 23.8 Å². The minimum absolute atomic E-state index is 0.173. The molecule has 0 amide bonds. The van der Waals surface area contributed by atoms with Crippen LogP contribution >= 0.6 is 0 Å². The first-order valence-electron chi connectivity index (χ1n) is 8.15. The van der Waals surface area contributed by atoms with Crippen LogP contribution in [0.5, 0.6) is 0 Å². The molecule has 5 rings (SSSR count). The van der Waals surface area contributed by atoms with Gasteiger partial charge in [-0.2, -0.15) is 0 Å². The second-order valence-electron chi connectivity index (χ2n) is 7.14. The topological polar surface area (TPSA) is 43.8 Å². The monoisotopic (exact) mass is 285 g/mol. The average Bonchev–Trinajstić information content (AvgIpc) is 2.95. The second-order valence-corrected chi connectivity index (χ2v) is 7.14. The highest BCUT2D eigenvalue weighted by Gasteiger charge is 2.49. The molecule has 0 saturated heterocycles. The molecule has 21 heavy (non-hydrogen) atoms. The van der Waals surface area contributed by atoms with Crippen LogP contribution in [0.25, 0.3) is 11.0 Å². The standard InChI is InChI=1S/C17H20FN3/c18-11-3-6-13-14(8-11)21(12-4-5-12)17(20-13)15-9-1-2-10(7-9)16(15)19/h3,6,8-10,12,15-16H,1-2,4-5,7,19H2. The predicted octanol–water partition coefficient (Wildman–Crippen LogP) is 3.35. The first-order chi connectivity index (χ1) is 10.2. The molecular formula is C17H20FN3. The summed E-state index contributed by atoms with van der Waals surface area (Å²) in [6.45, 7) is 0. The van der Waals surface area contributed by atoms with E-state index in [4.69, 9.17) is 10.7 Å². The highest BCUT2D eigenvalue weighted by Crippen LogP contribution is 2.53. The smallest absolute Gasteiger partial charge is 0.125 e. The maximum Gasteiger partial charge on any atom is 0.125 e. The van der Waals surface area contributed by atoms with Crippen LogP contribution in [0.2, 0.25) is 0 Å². The van der Waals surface area contributed by atoms with Gasteiger partial charge in [0.05, 0.1) is 11.0 Å². The molecule has 4 heteroatoms. The van der Waals surface area contributed by atoms with Gasteiger partial charge in [0.1, 0.15) is 11.6 Å².